The lowest BCUT2D eigenvalue weighted by Crippen LogP contribution is -2.45. The zero-order valence-corrected chi connectivity index (χ0v) is 20.7. The molecule has 0 saturated heterocycles. The number of carbonyl (C=O) groups is 1. The molecule has 0 unspecified atom stereocenters. The van der Waals surface area contributed by atoms with Crippen LogP contribution in [0, 0.1) is 6.92 Å². The van der Waals surface area contributed by atoms with Gasteiger partial charge in [-0.15, -0.1) is 0 Å². The molecule has 30 heavy (non-hydrogen) atoms. The Morgan fingerprint density at radius 3 is 1.77 bits per heavy atom. The van der Waals surface area contributed by atoms with Crippen LogP contribution in [0.3, 0.4) is 0 Å². The van der Waals surface area contributed by atoms with Gasteiger partial charge < -0.3 is 28.1 Å². The number of alkyl carbamates (subject to hydrolysis) is 1. The third-order valence-corrected chi connectivity index (χ3v) is 7.76. The topological polar surface area (TPSA) is 75.3 Å². The van der Waals surface area contributed by atoms with Crippen molar-refractivity contribution in [1.82, 2.24) is 5.32 Å². The van der Waals surface area contributed by atoms with E-state index in [2.05, 4.69) is 12.2 Å². The first-order valence-corrected chi connectivity index (χ1v) is 13.8. The maximum atomic E-state index is 11.4. The molecule has 7 nitrogen and oxygen atoms in total. The Labute approximate surface area is 185 Å². The van der Waals surface area contributed by atoms with E-state index in [1.54, 1.807) is 0 Å². The van der Waals surface area contributed by atoms with E-state index in [-0.39, 0.29) is 6.09 Å². The number of ether oxygens (including phenoxy) is 2. The third-order valence-electron chi connectivity index (χ3n) is 4.61. The van der Waals surface area contributed by atoms with Gasteiger partial charge in [0.05, 0.1) is 13.2 Å². The van der Waals surface area contributed by atoms with E-state index < -0.39 is 8.80 Å². The fourth-order valence-electron chi connectivity index (χ4n) is 3.23. The summed E-state index contributed by atoms with van der Waals surface area (Å²) in [5, 5.41) is 2.65. The van der Waals surface area contributed by atoms with Gasteiger partial charge in [-0.2, -0.15) is 0 Å². The molecule has 1 amide bonds. The second kappa shape index (κ2) is 21.6. The van der Waals surface area contributed by atoms with Gasteiger partial charge in [0.2, 0.25) is 0 Å². The smallest absolute Gasteiger partial charge is 0.450 e. The molecule has 0 aliphatic heterocycles. The van der Waals surface area contributed by atoms with Crippen LogP contribution >= 0.6 is 0 Å². The van der Waals surface area contributed by atoms with E-state index in [1.807, 2.05) is 20.8 Å². The van der Waals surface area contributed by atoms with Gasteiger partial charge >= 0.3 is 14.9 Å². The van der Waals surface area contributed by atoms with Crippen molar-refractivity contribution in [2.75, 3.05) is 46.2 Å². The Morgan fingerprint density at radius 2 is 1.27 bits per heavy atom. The molecule has 0 heterocycles. The first-order valence-electron chi connectivity index (χ1n) is 11.8. The summed E-state index contributed by atoms with van der Waals surface area (Å²) >= 11 is 0. The van der Waals surface area contributed by atoms with Crippen molar-refractivity contribution in [3.05, 3.63) is 6.92 Å². The molecule has 1 radical (unpaired) electrons. The number of hydrogen-bond acceptors (Lipinski definition) is 6. The van der Waals surface area contributed by atoms with E-state index in [0.717, 1.165) is 25.3 Å². The highest BCUT2D eigenvalue weighted by atomic mass is 28.4. The van der Waals surface area contributed by atoms with E-state index in [0.29, 0.717) is 46.2 Å². The number of unbranched alkanes of at least 4 members (excludes halogenated alkanes) is 8. The summed E-state index contributed by atoms with van der Waals surface area (Å²) in [5.41, 5.74) is 0. The minimum absolute atomic E-state index is 0.368. The van der Waals surface area contributed by atoms with Gasteiger partial charge in [0.1, 0.15) is 0 Å². The van der Waals surface area contributed by atoms with Crippen LogP contribution in [0.5, 0.6) is 0 Å². The van der Waals surface area contributed by atoms with Crippen molar-refractivity contribution in [3.63, 3.8) is 0 Å². The quantitative estimate of drug-likeness (QED) is 0.183. The molecule has 0 aromatic carbocycles. The van der Waals surface area contributed by atoms with Crippen LogP contribution in [0.2, 0.25) is 6.04 Å². The molecule has 0 aliphatic carbocycles. The summed E-state index contributed by atoms with van der Waals surface area (Å²) in [4.78, 5) is 11.4. The van der Waals surface area contributed by atoms with Gasteiger partial charge in [-0.3, -0.25) is 0 Å². The van der Waals surface area contributed by atoms with Crippen molar-refractivity contribution in [2.24, 2.45) is 0 Å². The third kappa shape index (κ3) is 17.1. The van der Waals surface area contributed by atoms with Crippen LogP contribution in [-0.2, 0) is 22.8 Å². The Balaban J connectivity index is 3.53. The highest BCUT2D eigenvalue weighted by Gasteiger charge is 2.39. The second-order valence-electron chi connectivity index (χ2n) is 7.09. The first kappa shape index (κ1) is 29.3. The standard InChI is InChI=1S/C22H46NO6Si/c1-5-25-20-18-23-22(24)26-19-16-14-12-10-9-11-13-15-17-21-30(27-6-2,28-7-3)29-8-4/h1,5-21H2,2-4H3,(H,23,24). The van der Waals surface area contributed by atoms with Crippen molar-refractivity contribution < 1.29 is 27.5 Å². The van der Waals surface area contributed by atoms with Gasteiger partial charge in [0, 0.05) is 39.0 Å². The zero-order chi connectivity index (χ0) is 22.3. The molecule has 0 aliphatic rings. The predicted octanol–water partition coefficient (Wildman–Crippen LogP) is 5.12. The van der Waals surface area contributed by atoms with Gasteiger partial charge in [-0.25, -0.2) is 4.79 Å². The molecule has 1 N–H and O–H groups in total. The van der Waals surface area contributed by atoms with Gasteiger partial charge in [-0.1, -0.05) is 44.9 Å². The molecule has 0 rings (SSSR count). The molecule has 0 fully saturated rings. The maximum absolute atomic E-state index is 11.4. The number of rotatable bonds is 22. The van der Waals surface area contributed by atoms with E-state index in [4.69, 9.17) is 22.8 Å². The summed E-state index contributed by atoms with van der Waals surface area (Å²) in [6, 6.07) is 0.916. The summed E-state index contributed by atoms with van der Waals surface area (Å²) in [5.74, 6) is 0. The van der Waals surface area contributed by atoms with Gasteiger partial charge in [0.15, 0.2) is 0 Å². The highest BCUT2D eigenvalue weighted by Crippen LogP contribution is 2.21. The SMILES string of the molecule is [CH2]COCCNC(=O)OCCCCCCCCCCC[Si](OCC)(OCC)OCC. The maximum Gasteiger partial charge on any atom is 0.500 e. The summed E-state index contributed by atoms with van der Waals surface area (Å²) in [7, 11) is -2.46. The van der Waals surface area contributed by atoms with Gasteiger partial charge in [-0.05, 0) is 40.5 Å². The van der Waals surface area contributed by atoms with Crippen LogP contribution in [0.25, 0.3) is 0 Å². The highest BCUT2D eigenvalue weighted by molar-refractivity contribution is 6.60. The average Bonchev–Trinajstić information content (AvgIpc) is 2.72. The second-order valence-corrected chi connectivity index (χ2v) is 9.82. The first-order chi connectivity index (χ1) is 14.6. The van der Waals surface area contributed by atoms with Crippen LogP contribution in [0.15, 0.2) is 0 Å². The lowest BCUT2D eigenvalue weighted by Gasteiger charge is -2.28. The molecule has 8 heteroatoms. The van der Waals surface area contributed by atoms with E-state index in [9.17, 15) is 4.79 Å². The van der Waals surface area contributed by atoms with Gasteiger partial charge in [0.25, 0.3) is 0 Å². The number of carbonyl (C=O) groups excluding carboxylic acids is 1. The van der Waals surface area contributed by atoms with Crippen molar-refractivity contribution in [2.45, 2.75) is 84.6 Å². The lowest BCUT2D eigenvalue weighted by molar-refractivity contribution is 0.0706. The fraction of sp³-hybridized carbons (Fsp3) is 0.909. The lowest BCUT2D eigenvalue weighted by atomic mass is 10.1. The molecule has 0 aromatic rings. The van der Waals surface area contributed by atoms with Crippen molar-refractivity contribution in [1.29, 1.82) is 0 Å². The van der Waals surface area contributed by atoms with Crippen LogP contribution < -0.4 is 5.32 Å². The molecule has 0 saturated carbocycles. The Bertz CT molecular complexity index is 370. The molecule has 0 spiro atoms. The normalized spacial score (nSPS) is 11.6. The van der Waals surface area contributed by atoms with Crippen LogP contribution in [-0.4, -0.2) is 61.1 Å². The minimum Gasteiger partial charge on any atom is -0.450 e. The molecule has 0 bridgehead atoms. The summed E-state index contributed by atoms with van der Waals surface area (Å²) < 4.78 is 27.9. The van der Waals surface area contributed by atoms with E-state index >= 15 is 0 Å². The molecule has 0 aromatic heterocycles. The fourth-order valence-corrected chi connectivity index (χ4v) is 5.91. The Hall–Kier alpha value is -0.673. The Kier molecular flexibility index (Phi) is 21.1. The molecular weight excluding hydrogens is 402 g/mol. The van der Waals surface area contributed by atoms with Crippen LogP contribution in [0.4, 0.5) is 4.79 Å². The largest absolute Gasteiger partial charge is 0.500 e. The molecular formula is C22H46NO6Si. The predicted molar refractivity (Wildman–Crippen MR) is 123 cm³/mol. The monoisotopic (exact) mass is 448 g/mol. The van der Waals surface area contributed by atoms with Crippen molar-refractivity contribution in [3.8, 4) is 0 Å². The summed E-state index contributed by atoms with van der Waals surface area (Å²) in [6.45, 7) is 13.3. The zero-order valence-electron chi connectivity index (χ0n) is 19.7. The molecule has 179 valence electrons. The van der Waals surface area contributed by atoms with E-state index in [1.165, 1.54) is 38.5 Å². The summed E-state index contributed by atoms with van der Waals surface area (Å²) in [6.07, 6.45) is 10.2. The van der Waals surface area contributed by atoms with Crippen LogP contribution in [0.1, 0.15) is 78.6 Å². The van der Waals surface area contributed by atoms with Crippen molar-refractivity contribution >= 4 is 14.9 Å². The number of hydrogen-bond donors (Lipinski definition) is 1. The molecule has 0 atom stereocenters. The number of amides is 1. The Morgan fingerprint density at radius 1 is 0.767 bits per heavy atom. The number of nitrogens with one attached hydrogen (secondary N) is 1. The minimum atomic E-state index is -2.46. The average molecular weight is 449 g/mol.